The summed E-state index contributed by atoms with van der Waals surface area (Å²) in [6, 6.07) is 0. The van der Waals surface area contributed by atoms with Crippen LogP contribution in [0.3, 0.4) is 0 Å². The molecule has 80 valence electrons. The van der Waals surface area contributed by atoms with E-state index in [1.165, 1.54) is 12.7 Å². The molecule has 7 heteroatoms. The lowest BCUT2D eigenvalue weighted by Gasteiger charge is -2.05. The van der Waals surface area contributed by atoms with Crippen molar-refractivity contribution in [3.8, 4) is 0 Å². The molecule has 0 aliphatic carbocycles. The van der Waals surface area contributed by atoms with Crippen molar-refractivity contribution in [2.45, 2.75) is 12.6 Å². The van der Waals surface area contributed by atoms with Gasteiger partial charge in [-0.15, -0.1) is 11.6 Å². The minimum absolute atomic E-state index is 0.170. The van der Waals surface area contributed by atoms with Crippen LogP contribution in [0.5, 0.6) is 0 Å². The van der Waals surface area contributed by atoms with Gasteiger partial charge in [0.1, 0.15) is 0 Å². The zero-order valence-corrected chi connectivity index (χ0v) is 8.65. The number of hydrogen-bond acceptors (Lipinski definition) is 4. The molecule has 0 saturated carbocycles. The first kappa shape index (κ1) is 10.1. The van der Waals surface area contributed by atoms with Gasteiger partial charge in [0.2, 0.25) is 12.1 Å². The number of aromatic nitrogens is 4. The Morgan fingerprint density at radius 1 is 1.60 bits per heavy atom. The van der Waals surface area contributed by atoms with Crippen LogP contribution in [-0.4, -0.2) is 32.0 Å². The second-order valence-electron chi connectivity index (χ2n) is 3.19. The van der Waals surface area contributed by atoms with Crippen LogP contribution in [0.2, 0.25) is 0 Å². The highest BCUT2D eigenvalue weighted by atomic mass is 35.5. The summed E-state index contributed by atoms with van der Waals surface area (Å²) in [5.74, 6) is 0.558. The third-order valence-corrected chi connectivity index (χ3v) is 2.43. The Labute approximate surface area is 90.7 Å². The zero-order valence-electron chi connectivity index (χ0n) is 7.89. The van der Waals surface area contributed by atoms with Gasteiger partial charge in [-0.25, -0.2) is 4.57 Å². The molecule has 0 fully saturated rings. The minimum atomic E-state index is -0.623. The normalized spacial score (nSPS) is 13.2. The van der Waals surface area contributed by atoms with Gasteiger partial charge in [-0.2, -0.15) is 0 Å². The lowest BCUT2D eigenvalue weighted by molar-refractivity contribution is -0.682. The third-order valence-electron chi connectivity index (χ3n) is 2.07. The van der Waals surface area contributed by atoms with Gasteiger partial charge in [-0.3, -0.25) is 0 Å². The predicted molar refractivity (Wildman–Crippen MR) is 55.2 cm³/mol. The number of imidazole rings is 1. The Hall–Kier alpha value is -1.40. The largest absolute Gasteiger partial charge is 0.389 e. The van der Waals surface area contributed by atoms with Crippen LogP contribution in [0.1, 0.15) is 0 Å². The van der Waals surface area contributed by atoms with Gasteiger partial charge in [0, 0.05) is 0 Å². The van der Waals surface area contributed by atoms with E-state index in [2.05, 4.69) is 15.0 Å². The number of nitrogens with two attached hydrogens (primary N) is 1. The van der Waals surface area contributed by atoms with Crippen molar-refractivity contribution in [2.24, 2.45) is 0 Å². The maximum Gasteiger partial charge on any atom is 0.293 e. The molecule has 0 aromatic carbocycles. The first-order valence-electron chi connectivity index (χ1n) is 4.43. The van der Waals surface area contributed by atoms with Crippen molar-refractivity contribution in [1.29, 1.82) is 0 Å². The lowest BCUT2D eigenvalue weighted by atomic mass is 10.4. The summed E-state index contributed by atoms with van der Waals surface area (Å²) in [4.78, 5) is 11.0. The van der Waals surface area contributed by atoms with Crippen LogP contribution < -0.4 is 10.3 Å². The topological polar surface area (TPSA) is 91.7 Å². The monoisotopic (exact) mass is 228 g/mol. The zero-order chi connectivity index (χ0) is 10.8. The molecule has 1 unspecified atom stereocenters. The average molecular weight is 229 g/mol. The number of anilines is 1. The van der Waals surface area contributed by atoms with Crippen LogP contribution in [0, 0.1) is 0 Å². The van der Waals surface area contributed by atoms with Crippen molar-refractivity contribution in [3.05, 3.63) is 12.7 Å². The molecule has 0 saturated heterocycles. The molecule has 0 radical (unpaired) electrons. The fourth-order valence-corrected chi connectivity index (χ4v) is 1.45. The van der Waals surface area contributed by atoms with Gasteiger partial charge in [0.15, 0.2) is 11.8 Å². The highest BCUT2D eigenvalue weighted by Crippen LogP contribution is 2.09. The number of nitrogens with one attached hydrogen (secondary N) is 1. The van der Waals surface area contributed by atoms with E-state index >= 15 is 0 Å². The molecule has 6 nitrogen and oxygen atoms in total. The molecule has 15 heavy (non-hydrogen) atoms. The molecular weight excluding hydrogens is 218 g/mol. The molecule has 2 aromatic heterocycles. The number of aliphatic hydroxyl groups excluding tert-OH is 1. The molecule has 0 aliphatic heterocycles. The van der Waals surface area contributed by atoms with Gasteiger partial charge in [-0.05, 0) is 0 Å². The predicted octanol–water partition coefficient (Wildman–Crippen LogP) is -0.573. The van der Waals surface area contributed by atoms with E-state index in [4.69, 9.17) is 17.3 Å². The van der Waals surface area contributed by atoms with E-state index in [0.717, 1.165) is 0 Å². The molecule has 2 aromatic rings. The van der Waals surface area contributed by atoms with E-state index in [-0.39, 0.29) is 5.88 Å². The number of nitrogen functional groups attached to an aromatic ring is 1. The standard InChI is InChI=1S/C8H10ClN5O/c9-1-5(15)2-14-4-13-7(10)6-8(14)12-3-11-6/h3-5,15H,1-2H2,(H2,10,11,12)/p+1. The maximum atomic E-state index is 9.43. The molecule has 4 N–H and O–H groups in total. The number of rotatable bonds is 3. The molecule has 2 heterocycles. The lowest BCUT2D eigenvalue weighted by Crippen LogP contribution is -2.41. The van der Waals surface area contributed by atoms with Crippen LogP contribution in [-0.2, 0) is 6.54 Å². The summed E-state index contributed by atoms with van der Waals surface area (Å²) >= 11 is 5.52. The number of fused-ring (bicyclic) bond motifs is 1. The van der Waals surface area contributed by atoms with E-state index in [1.54, 1.807) is 4.57 Å². The molecule has 1 atom stereocenters. The van der Waals surface area contributed by atoms with Crippen LogP contribution in [0.15, 0.2) is 12.7 Å². The molecule has 2 rings (SSSR count). The van der Waals surface area contributed by atoms with E-state index < -0.39 is 6.10 Å². The molecule has 0 aliphatic rings. The number of aromatic amines is 1. The third kappa shape index (κ3) is 1.86. The van der Waals surface area contributed by atoms with Gasteiger partial charge in [0.25, 0.3) is 5.65 Å². The fraction of sp³-hybridized carbons (Fsp3) is 0.375. The summed E-state index contributed by atoms with van der Waals surface area (Å²) in [5, 5.41) is 9.43. The number of nitrogens with zero attached hydrogens (tertiary/aromatic N) is 3. The van der Waals surface area contributed by atoms with E-state index in [9.17, 15) is 5.11 Å². The smallest absolute Gasteiger partial charge is 0.293 e. The highest BCUT2D eigenvalue weighted by molar-refractivity contribution is 6.18. The van der Waals surface area contributed by atoms with Crippen molar-refractivity contribution >= 4 is 28.6 Å². The Morgan fingerprint density at radius 3 is 3.13 bits per heavy atom. The van der Waals surface area contributed by atoms with Crippen molar-refractivity contribution in [3.63, 3.8) is 0 Å². The summed E-state index contributed by atoms with van der Waals surface area (Å²) < 4.78 is 1.70. The Kier molecular flexibility index (Phi) is 2.70. The summed E-state index contributed by atoms with van der Waals surface area (Å²) in [5.41, 5.74) is 6.97. The summed E-state index contributed by atoms with van der Waals surface area (Å²) in [7, 11) is 0. The van der Waals surface area contributed by atoms with Gasteiger partial charge in [0.05, 0.1) is 18.5 Å². The van der Waals surface area contributed by atoms with Crippen LogP contribution in [0.25, 0.3) is 11.2 Å². The van der Waals surface area contributed by atoms with Gasteiger partial charge >= 0.3 is 0 Å². The van der Waals surface area contributed by atoms with E-state index in [0.29, 0.717) is 23.5 Å². The first-order valence-corrected chi connectivity index (χ1v) is 4.97. The number of aliphatic hydroxyl groups is 1. The molecule has 0 amide bonds. The second-order valence-corrected chi connectivity index (χ2v) is 3.50. The van der Waals surface area contributed by atoms with Crippen LogP contribution in [0.4, 0.5) is 5.82 Å². The second kappa shape index (κ2) is 4.00. The highest BCUT2D eigenvalue weighted by Gasteiger charge is 2.16. The maximum absolute atomic E-state index is 9.43. The fourth-order valence-electron chi connectivity index (χ4n) is 1.35. The molecule has 0 spiro atoms. The number of hydrogen-bond donors (Lipinski definition) is 3. The van der Waals surface area contributed by atoms with Crippen LogP contribution >= 0.6 is 11.6 Å². The Balaban J connectivity index is 2.43. The van der Waals surface area contributed by atoms with E-state index in [1.807, 2.05) is 0 Å². The van der Waals surface area contributed by atoms with Gasteiger partial charge in [-0.1, -0.05) is 9.97 Å². The number of halogens is 1. The summed E-state index contributed by atoms with van der Waals surface area (Å²) in [6.45, 7) is 0.345. The number of alkyl halides is 1. The Bertz CT molecular complexity index is 471. The molecular formula is C8H11ClN5O+. The summed E-state index contributed by atoms with van der Waals surface area (Å²) in [6.07, 6.45) is 2.45. The van der Waals surface area contributed by atoms with Crippen molar-refractivity contribution < 1.29 is 9.67 Å². The van der Waals surface area contributed by atoms with Crippen molar-refractivity contribution in [1.82, 2.24) is 15.0 Å². The van der Waals surface area contributed by atoms with Crippen molar-refractivity contribution in [2.75, 3.05) is 11.6 Å². The molecule has 0 bridgehead atoms. The van der Waals surface area contributed by atoms with Gasteiger partial charge < -0.3 is 15.8 Å². The Morgan fingerprint density at radius 2 is 2.40 bits per heavy atom. The minimum Gasteiger partial charge on any atom is -0.389 e. The average Bonchev–Trinajstić information content (AvgIpc) is 2.71. The quantitative estimate of drug-likeness (QED) is 0.485. The SMILES string of the molecule is Nc1nc[n+](CC(O)CCl)c2nc[nH]c12. The first-order chi connectivity index (χ1) is 7.22. The number of H-pyrrole nitrogens is 1.